The first-order valence-corrected chi connectivity index (χ1v) is 8.10. The molecule has 0 spiro atoms. The highest BCUT2D eigenvalue weighted by atomic mass is 32.2. The van der Waals surface area contributed by atoms with Gasteiger partial charge in [0.1, 0.15) is 10.7 Å². The molecular weight excluding hydrogens is 300 g/mol. The van der Waals surface area contributed by atoms with Crippen LogP contribution in [-0.4, -0.2) is 14.3 Å². The lowest BCUT2D eigenvalue weighted by atomic mass is 10.4. The number of rotatable bonds is 4. The van der Waals surface area contributed by atoms with Gasteiger partial charge in [0.25, 0.3) is 5.91 Å². The summed E-state index contributed by atoms with van der Waals surface area (Å²) < 4.78 is 27.6. The third-order valence-corrected chi connectivity index (χ3v) is 4.64. The molecule has 2 rings (SSSR count). The van der Waals surface area contributed by atoms with Crippen molar-refractivity contribution in [3.05, 3.63) is 39.5 Å². The fourth-order valence-electron chi connectivity index (χ4n) is 1.69. The third-order valence-electron chi connectivity index (χ3n) is 2.62. The Morgan fingerprint density at radius 3 is 2.60 bits per heavy atom. The molecule has 2 aromatic heterocycles. The van der Waals surface area contributed by atoms with Crippen LogP contribution in [0.3, 0.4) is 0 Å². The quantitative estimate of drug-likeness (QED) is 0.893. The van der Waals surface area contributed by atoms with Gasteiger partial charge in [0.15, 0.2) is 5.76 Å². The maximum Gasteiger partial charge on any atom is 0.287 e. The number of aryl methyl sites for hydroxylation is 2. The largest absolute Gasteiger partial charge is 0.455 e. The number of hydrogen-bond acceptors (Lipinski definition) is 5. The molecule has 0 aromatic carbocycles. The van der Waals surface area contributed by atoms with Crippen LogP contribution >= 0.6 is 11.3 Å². The average Bonchev–Trinajstić information content (AvgIpc) is 2.91. The smallest absolute Gasteiger partial charge is 0.287 e. The van der Waals surface area contributed by atoms with Crippen molar-refractivity contribution in [1.82, 2.24) is 5.32 Å². The summed E-state index contributed by atoms with van der Waals surface area (Å²) >= 11 is 1.58. The molecule has 1 amide bonds. The molecule has 0 atom stereocenters. The second kappa shape index (κ2) is 5.39. The van der Waals surface area contributed by atoms with Crippen LogP contribution in [0.1, 0.15) is 26.1 Å². The molecule has 0 radical (unpaired) electrons. The van der Waals surface area contributed by atoms with E-state index in [1.165, 1.54) is 6.92 Å². The molecule has 0 unspecified atom stereocenters. The van der Waals surface area contributed by atoms with E-state index < -0.39 is 15.9 Å². The molecule has 6 nitrogen and oxygen atoms in total. The van der Waals surface area contributed by atoms with Gasteiger partial charge in [-0.25, -0.2) is 13.6 Å². The summed E-state index contributed by atoms with van der Waals surface area (Å²) in [4.78, 5) is 13.9. The minimum atomic E-state index is -3.88. The molecule has 3 N–H and O–H groups in total. The van der Waals surface area contributed by atoms with Gasteiger partial charge in [-0.3, -0.25) is 4.79 Å². The molecule has 8 heteroatoms. The van der Waals surface area contributed by atoms with Gasteiger partial charge in [-0.2, -0.15) is 0 Å². The maximum absolute atomic E-state index is 11.9. The molecule has 2 heterocycles. The van der Waals surface area contributed by atoms with E-state index in [9.17, 15) is 13.2 Å². The summed E-state index contributed by atoms with van der Waals surface area (Å²) in [6.45, 7) is 3.78. The number of furan rings is 1. The normalized spacial score (nSPS) is 11.6. The minimum Gasteiger partial charge on any atom is -0.455 e. The van der Waals surface area contributed by atoms with Crippen LogP contribution in [0.25, 0.3) is 0 Å². The molecule has 0 bridgehead atoms. The summed E-state index contributed by atoms with van der Waals surface area (Å²) in [6, 6.07) is 5.02. The lowest BCUT2D eigenvalue weighted by Gasteiger charge is -2.00. The topological polar surface area (TPSA) is 102 Å². The number of nitrogens with one attached hydrogen (secondary N) is 1. The lowest BCUT2D eigenvalue weighted by Crippen LogP contribution is -2.21. The van der Waals surface area contributed by atoms with Crippen molar-refractivity contribution in [2.75, 3.05) is 0 Å². The molecule has 0 saturated heterocycles. The summed E-state index contributed by atoms with van der Waals surface area (Å²) in [6.07, 6.45) is 0. The molecular formula is C12H14N2O4S2. The molecule has 0 aliphatic carbocycles. The van der Waals surface area contributed by atoms with Crippen molar-refractivity contribution >= 4 is 27.3 Å². The molecule has 0 saturated carbocycles. The van der Waals surface area contributed by atoms with Gasteiger partial charge in [-0.1, -0.05) is 0 Å². The number of carbonyl (C=O) groups excluding carboxylic acids is 1. The van der Waals surface area contributed by atoms with Crippen molar-refractivity contribution in [2.45, 2.75) is 25.3 Å². The van der Waals surface area contributed by atoms with Gasteiger partial charge < -0.3 is 9.73 Å². The number of thiophene rings is 1. The Morgan fingerprint density at radius 1 is 1.40 bits per heavy atom. The van der Waals surface area contributed by atoms with E-state index in [1.807, 2.05) is 19.1 Å². The van der Waals surface area contributed by atoms with Crippen molar-refractivity contribution in [3.8, 4) is 0 Å². The van der Waals surface area contributed by atoms with Gasteiger partial charge in [-0.15, -0.1) is 11.3 Å². The van der Waals surface area contributed by atoms with Gasteiger partial charge in [-0.05, 0) is 26.0 Å². The zero-order valence-corrected chi connectivity index (χ0v) is 12.6. The second-order valence-electron chi connectivity index (χ2n) is 4.27. The Balaban J connectivity index is 2.10. The standard InChI is InChI=1S/C12H14N2O4S2/c1-7-3-4-9(19-7)6-14-12(15)10-5-11(8(2)18-10)20(13,16)17/h3-5H,6H2,1-2H3,(H,14,15)(H2,13,16,17). The van der Waals surface area contributed by atoms with Crippen molar-refractivity contribution < 1.29 is 17.6 Å². The number of hydrogen-bond donors (Lipinski definition) is 2. The van der Waals surface area contributed by atoms with Crippen molar-refractivity contribution in [1.29, 1.82) is 0 Å². The first-order chi connectivity index (χ1) is 9.27. The lowest BCUT2D eigenvalue weighted by molar-refractivity contribution is 0.0922. The molecule has 2 aromatic rings. The van der Waals surface area contributed by atoms with Crippen LogP contribution in [0, 0.1) is 13.8 Å². The SMILES string of the molecule is Cc1ccc(CNC(=O)c2cc(S(N)(=O)=O)c(C)o2)s1. The second-order valence-corrected chi connectivity index (χ2v) is 7.17. The third kappa shape index (κ3) is 3.27. The monoisotopic (exact) mass is 314 g/mol. The van der Waals surface area contributed by atoms with Crippen LogP contribution in [0.5, 0.6) is 0 Å². The predicted octanol–water partition coefficient (Wildman–Crippen LogP) is 1.54. The van der Waals surface area contributed by atoms with Gasteiger partial charge >= 0.3 is 0 Å². The van der Waals surface area contributed by atoms with Gasteiger partial charge in [0.05, 0.1) is 6.54 Å². The molecule has 108 valence electrons. The highest BCUT2D eigenvalue weighted by Gasteiger charge is 2.20. The van der Waals surface area contributed by atoms with Crippen molar-refractivity contribution in [3.63, 3.8) is 0 Å². The van der Waals surface area contributed by atoms with Gasteiger partial charge in [0, 0.05) is 15.8 Å². The summed E-state index contributed by atoms with van der Waals surface area (Å²) in [5, 5.41) is 7.68. The van der Waals surface area contributed by atoms with Crippen molar-refractivity contribution in [2.24, 2.45) is 5.14 Å². The Hall–Kier alpha value is -1.64. The van der Waals surface area contributed by atoms with E-state index in [-0.39, 0.29) is 16.4 Å². The Morgan fingerprint density at radius 2 is 2.10 bits per heavy atom. The summed E-state index contributed by atoms with van der Waals surface area (Å²) in [5.74, 6) is -0.446. The first kappa shape index (κ1) is 14.8. The average molecular weight is 314 g/mol. The summed E-state index contributed by atoms with van der Waals surface area (Å²) in [5.41, 5.74) is 0. The van der Waals surface area contributed by atoms with E-state index >= 15 is 0 Å². The Bertz CT molecular complexity index is 743. The zero-order valence-electron chi connectivity index (χ0n) is 11.0. The van der Waals surface area contributed by atoms with Crippen LogP contribution in [0.15, 0.2) is 27.5 Å². The van der Waals surface area contributed by atoms with E-state index in [0.29, 0.717) is 6.54 Å². The van der Waals surface area contributed by atoms with Crippen LogP contribution < -0.4 is 10.5 Å². The van der Waals surface area contributed by atoms with Crippen LogP contribution in [-0.2, 0) is 16.6 Å². The Labute approximate surface area is 120 Å². The van der Waals surface area contributed by atoms with Crippen LogP contribution in [0.2, 0.25) is 0 Å². The van der Waals surface area contributed by atoms with E-state index in [1.54, 1.807) is 11.3 Å². The number of primary sulfonamides is 1. The first-order valence-electron chi connectivity index (χ1n) is 5.74. The fraction of sp³-hybridized carbons (Fsp3) is 0.250. The van der Waals surface area contributed by atoms with Crippen LogP contribution in [0.4, 0.5) is 0 Å². The number of sulfonamides is 1. The summed E-state index contributed by atoms with van der Waals surface area (Å²) in [7, 11) is -3.88. The van der Waals surface area contributed by atoms with E-state index in [2.05, 4.69) is 5.32 Å². The zero-order chi connectivity index (χ0) is 14.9. The molecule has 20 heavy (non-hydrogen) atoms. The Kier molecular flexibility index (Phi) is 3.98. The van der Waals surface area contributed by atoms with E-state index in [0.717, 1.165) is 15.8 Å². The number of amides is 1. The highest BCUT2D eigenvalue weighted by molar-refractivity contribution is 7.89. The van der Waals surface area contributed by atoms with Gasteiger partial charge in [0.2, 0.25) is 10.0 Å². The maximum atomic E-state index is 11.9. The number of nitrogens with two attached hydrogens (primary N) is 1. The fourth-order valence-corrected chi connectivity index (χ4v) is 3.24. The van der Waals surface area contributed by atoms with E-state index in [4.69, 9.17) is 9.56 Å². The minimum absolute atomic E-state index is 0.0696. The molecule has 0 aliphatic rings. The molecule has 0 fully saturated rings. The predicted molar refractivity (Wildman–Crippen MR) is 75.0 cm³/mol. The number of carbonyl (C=O) groups is 1. The highest BCUT2D eigenvalue weighted by Crippen LogP contribution is 2.19. The molecule has 0 aliphatic heterocycles.